The normalized spacial score (nSPS) is 13.8. The van der Waals surface area contributed by atoms with Gasteiger partial charge in [-0.3, -0.25) is 4.68 Å². The molecule has 2 amide bonds. The smallest absolute Gasteiger partial charge is 0.425 e. The number of hydrogen-bond donors (Lipinski definition) is 0. The number of imide groups is 1. The van der Waals surface area contributed by atoms with Gasteiger partial charge in [0, 0.05) is 51.4 Å². The van der Waals surface area contributed by atoms with Crippen molar-refractivity contribution in [3.8, 4) is 17.3 Å². The SMILES string of the molecule is CC#N.COC(Cc1c(-c2cnn(CC3CCCC3)c2)ncnc1N(C(=O)OC(C)(C)C)C(=O)OC(C)(C)C)OC. The van der Waals surface area contributed by atoms with Crippen LogP contribution in [-0.2, 0) is 31.9 Å². The second-order valence-electron chi connectivity index (χ2n) is 11.8. The van der Waals surface area contributed by atoms with E-state index in [1.165, 1.54) is 53.2 Å². The maximum Gasteiger partial charge on any atom is 0.425 e. The van der Waals surface area contributed by atoms with Gasteiger partial charge in [-0.1, -0.05) is 12.8 Å². The number of carbonyl (C=O) groups excluding carboxylic acids is 2. The summed E-state index contributed by atoms with van der Waals surface area (Å²) in [5.74, 6) is 0.630. The van der Waals surface area contributed by atoms with Crippen LogP contribution in [0.15, 0.2) is 18.7 Å². The zero-order chi connectivity index (χ0) is 30.8. The first-order valence-corrected chi connectivity index (χ1v) is 13.7. The maximum absolute atomic E-state index is 13.4. The summed E-state index contributed by atoms with van der Waals surface area (Å²) in [6.45, 7) is 12.6. The molecule has 2 aromatic rings. The highest BCUT2D eigenvalue weighted by Crippen LogP contribution is 2.32. The summed E-state index contributed by atoms with van der Waals surface area (Å²) in [6, 6.07) is 1.75. The van der Waals surface area contributed by atoms with Gasteiger partial charge in [0.2, 0.25) is 0 Å². The highest BCUT2D eigenvalue weighted by atomic mass is 16.7. The number of nitrogens with zero attached hydrogens (tertiary/aromatic N) is 6. The Hall–Kier alpha value is -3.56. The van der Waals surface area contributed by atoms with E-state index in [4.69, 9.17) is 24.2 Å². The van der Waals surface area contributed by atoms with Gasteiger partial charge in [0.05, 0.1) is 18.0 Å². The molecule has 0 N–H and O–H groups in total. The Morgan fingerprint density at radius 3 is 2.07 bits per heavy atom. The van der Waals surface area contributed by atoms with Gasteiger partial charge in [-0.2, -0.15) is 15.3 Å². The molecule has 1 saturated carbocycles. The number of anilines is 1. The third-order valence-corrected chi connectivity index (χ3v) is 6.01. The average molecular weight is 573 g/mol. The standard InChI is InChI=1S/C27H41N5O6.C2H3N/c1-26(2,3)37-24(33)32(25(34)38-27(4,5)6)23-20(13-21(35-7)36-8)22(28-17-29-23)19-14-30-31(16-19)15-18-11-9-10-12-18;1-2-3/h14,16-18,21H,9-13,15H2,1-8H3;1H3. The molecule has 0 atom stereocenters. The molecule has 0 bridgehead atoms. The highest BCUT2D eigenvalue weighted by molar-refractivity contribution is 6.09. The fourth-order valence-electron chi connectivity index (χ4n) is 4.37. The molecule has 1 aliphatic rings. The molecule has 41 heavy (non-hydrogen) atoms. The van der Waals surface area contributed by atoms with Crippen LogP contribution in [0.4, 0.5) is 15.4 Å². The van der Waals surface area contributed by atoms with Crippen LogP contribution in [0.3, 0.4) is 0 Å². The Morgan fingerprint density at radius 2 is 1.59 bits per heavy atom. The first-order chi connectivity index (χ1) is 19.2. The quantitative estimate of drug-likeness (QED) is 0.351. The van der Waals surface area contributed by atoms with E-state index in [-0.39, 0.29) is 12.2 Å². The van der Waals surface area contributed by atoms with Crippen molar-refractivity contribution < 1.29 is 28.5 Å². The number of aromatic nitrogens is 4. The Balaban J connectivity index is 0.00000187. The Bertz CT molecular complexity index is 1160. The summed E-state index contributed by atoms with van der Waals surface area (Å²) < 4.78 is 24.0. The maximum atomic E-state index is 13.4. The van der Waals surface area contributed by atoms with E-state index < -0.39 is 29.7 Å². The van der Waals surface area contributed by atoms with E-state index in [1.807, 2.05) is 10.9 Å². The van der Waals surface area contributed by atoms with Crippen LogP contribution in [0.25, 0.3) is 11.3 Å². The monoisotopic (exact) mass is 572 g/mol. The second-order valence-corrected chi connectivity index (χ2v) is 11.8. The number of methoxy groups -OCH3 is 2. The minimum atomic E-state index is -0.916. The molecule has 0 radical (unpaired) electrons. The molecule has 3 rings (SSSR count). The van der Waals surface area contributed by atoms with Crippen LogP contribution >= 0.6 is 0 Å². The second kappa shape index (κ2) is 14.9. The summed E-state index contributed by atoms with van der Waals surface area (Å²) in [5, 5.41) is 11.9. The number of carbonyl (C=O) groups is 2. The predicted octanol–water partition coefficient (Wildman–Crippen LogP) is 5.90. The minimum Gasteiger partial charge on any atom is -0.443 e. The van der Waals surface area contributed by atoms with E-state index >= 15 is 0 Å². The lowest BCUT2D eigenvalue weighted by atomic mass is 10.1. The average Bonchev–Trinajstić information content (AvgIpc) is 3.54. The van der Waals surface area contributed by atoms with Crippen LogP contribution in [0.5, 0.6) is 0 Å². The molecule has 0 spiro atoms. The van der Waals surface area contributed by atoms with Crippen LogP contribution < -0.4 is 4.90 Å². The summed E-state index contributed by atoms with van der Waals surface area (Å²) in [5.41, 5.74) is -0.0460. The molecule has 2 heterocycles. The summed E-state index contributed by atoms with van der Waals surface area (Å²) in [4.78, 5) is 36.4. The van der Waals surface area contributed by atoms with Crippen LogP contribution in [0.2, 0.25) is 0 Å². The zero-order valence-corrected chi connectivity index (χ0v) is 25.8. The summed E-state index contributed by atoms with van der Waals surface area (Å²) in [6.07, 6.45) is 7.47. The first-order valence-electron chi connectivity index (χ1n) is 13.7. The molecule has 1 aliphatic carbocycles. The van der Waals surface area contributed by atoms with Crippen molar-refractivity contribution in [1.29, 1.82) is 5.26 Å². The Labute approximate surface area is 242 Å². The van der Waals surface area contributed by atoms with E-state index in [0.717, 1.165) is 17.0 Å². The van der Waals surface area contributed by atoms with Gasteiger partial charge in [-0.15, -0.1) is 0 Å². The summed E-state index contributed by atoms with van der Waals surface area (Å²) in [7, 11) is 3.02. The fourth-order valence-corrected chi connectivity index (χ4v) is 4.37. The fraction of sp³-hybridized carbons (Fsp3) is 0.655. The van der Waals surface area contributed by atoms with E-state index in [9.17, 15) is 9.59 Å². The molecule has 0 saturated heterocycles. The van der Waals surface area contributed by atoms with Crippen molar-refractivity contribution in [1.82, 2.24) is 19.7 Å². The summed E-state index contributed by atoms with van der Waals surface area (Å²) >= 11 is 0. The number of nitriles is 1. The molecular weight excluding hydrogens is 528 g/mol. The molecule has 2 aromatic heterocycles. The van der Waals surface area contributed by atoms with Crippen molar-refractivity contribution in [2.45, 2.75) is 105 Å². The lowest BCUT2D eigenvalue weighted by Crippen LogP contribution is -2.45. The number of ether oxygens (including phenoxy) is 4. The zero-order valence-electron chi connectivity index (χ0n) is 25.8. The minimum absolute atomic E-state index is 0.0288. The molecule has 12 heteroatoms. The van der Waals surface area contributed by atoms with E-state index in [0.29, 0.717) is 17.2 Å². The van der Waals surface area contributed by atoms with Gasteiger partial charge in [-0.25, -0.2) is 19.6 Å². The molecule has 226 valence electrons. The largest absolute Gasteiger partial charge is 0.443 e. The third kappa shape index (κ3) is 10.4. The first kappa shape index (κ1) is 33.6. The molecular formula is C29H44N6O6. The molecule has 1 fully saturated rings. The lowest BCUT2D eigenvalue weighted by Gasteiger charge is -2.29. The molecule has 0 aromatic carbocycles. The van der Waals surface area contributed by atoms with E-state index in [2.05, 4.69) is 15.1 Å². The van der Waals surface area contributed by atoms with Gasteiger partial charge >= 0.3 is 12.2 Å². The number of amides is 2. The number of hydrogen-bond acceptors (Lipinski definition) is 10. The third-order valence-electron chi connectivity index (χ3n) is 6.01. The van der Waals surface area contributed by atoms with Crippen molar-refractivity contribution in [2.75, 3.05) is 19.1 Å². The van der Waals surface area contributed by atoms with Crippen molar-refractivity contribution in [3.63, 3.8) is 0 Å². The van der Waals surface area contributed by atoms with Gasteiger partial charge in [-0.05, 0) is 60.3 Å². The van der Waals surface area contributed by atoms with Gasteiger partial charge in [0.15, 0.2) is 12.1 Å². The number of rotatable bonds is 8. The van der Waals surface area contributed by atoms with Crippen molar-refractivity contribution in [3.05, 3.63) is 24.3 Å². The van der Waals surface area contributed by atoms with Crippen molar-refractivity contribution in [2.24, 2.45) is 5.92 Å². The van der Waals surface area contributed by atoms with Crippen LogP contribution in [0, 0.1) is 17.2 Å². The molecule has 12 nitrogen and oxygen atoms in total. The highest BCUT2D eigenvalue weighted by Gasteiger charge is 2.36. The van der Waals surface area contributed by atoms with E-state index in [1.54, 1.807) is 53.8 Å². The molecule has 0 unspecified atom stereocenters. The predicted molar refractivity (Wildman–Crippen MR) is 153 cm³/mol. The topological polar surface area (TPSA) is 142 Å². The Kier molecular flexibility index (Phi) is 12.2. The lowest BCUT2D eigenvalue weighted by molar-refractivity contribution is -0.100. The van der Waals surface area contributed by atoms with Gasteiger partial charge in [0.25, 0.3) is 0 Å². The van der Waals surface area contributed by atoms with Crippen molar-refractivity contribution >= 4 is 18.0 Å². The Morgan fingerprint density at radius 1 is 1.05 bits per heavy atom. The van der Waals surface area contributed by atoms with Crippen LogP contribution in [-0.4, -0.2) is 63.6 Å². The molecule has 0 aliphatic heterocycles. The van der Waals surface area contributed by atoms with Gasteiger partial charge < -0.3 is 18.9 Å². The van der Waals surface area contributed by atoms with Crippen LogP contribution in [0.1, 0.15) is 79.7 Å². The van der Waals surface area contributed by atoms with Gasteiger partial charge in [0.1, 0.15) is 17.5 Å².